The quantitative estimate of drug-likeness (QED) is 0.296. The van der Waals surface area contributed by atoms with Crippen molar-refractivity contribution in [2.75, 3.05) is 24.0 Å². The molecule has 1 aromatic carbocycles. The Bertz CT molecular complexity index is 691. The van der Waals surface area contributed by atoms with E-state index in [1.165, 1.54) is 11.3 Å². The molecule has 0 spiro atoms. The number of benzene rings is 1. The molecule has 0 amide bonds. The van der Waals surface area contributed by atoms with Gasteiger partial charge in [-0.3, -0.25) is 10.2 Å². The molecule has 0 fully saturated rings. The van der Waals surface area contributed by atoms with E-state index in [2.05, 4.69) is 31.4 Å². The standard InChI is InChI=1S/C16H18BrN3O3S/c1-2-22-15(21)9-13-11-24-16(19-13)20-18-10-12-5-3-4-6-14(12)23-8-7-17/h3-6,10-11H,2,7-9H2,1H3,(H,19,20). The third kappa shape index (κ3) is 5.93. The highest BCUT2D eigenvalue weighted by atomic mass is 79.9. The van der Waals surface area contributed by atoms with Gasteiger partial charge in [-0.1, -0.05) is 28.1 Å². The molecule has 0 aliphatic heterocycles. The first kappa shape index (κ1) is 18.4. The average Bonchev–Trinajstić information content (AvgIpc) is 3.01. The molecular weight excluding hydrogens is 394 g/mol. The number of esters is 1. The van der Waals surface area contributed by atoms with E-state index in [-0.39, 0.29) is 12.4 Å². The Kier molecular flexibility index (Phi) is 7.70. The third-order valence-corrected chi connectivity index (χ3v) is 3.92. The summed E-state index contributed by atoms with van der Waals surface area (Å²) in [7, 11) is 0. The minimum Gasteiger partial charge on any atom is -0.492 e. The summed E-state index contributed by atoms with van der Waals surface area (Å²) in [5.41, 5.74) is 4.40. The van der Waals surface area contributed by atoms with Crippen LogP contribution in [0.25, 0.3) is 0 Å². The van der Waals surface area contributed by atoms with Gasteiger partial charge in [0, 0.05) is 16.3 Å². The van der Waals surface area contributed by atoms with Crippen LogP contribution in [-0.4, -0.2) is 35.7 Å². The van der Waals surface area contributed by atoms with Crippen LogP contribution in [0.3, 0.4) is 0 Å². The first-order valence-corrected chi connectivity index (χ1v) is 9.40. The molecule has 0 saturated carbocycles. The first-order valence-electron chi connectivity index (χ1n) is 7.39. The normalized spacial score (nSPS) is 10.8. The van der Waals surface area contributed by atoms with E-state index in [0.29, 0.717) is 24.0 Å². The van der Waals surface area contributed by atoms with Gasteiger partial charge in [0.1, 0.15) is 5.75 Å². The number of hydrogen-bond donors (Lipinski definition) is 1. The van der Waals surface area contributed by atoms with Gasteiger partial charge in [-0.15, -0.1) is 11.3 Å². The lowest BCUT2D eigenvalue weighted by Crippen LogP contribution is -2.07. The largest absolute Gasteiger partial charge is 0.492 e. The zero-order chi connectivity index (χ0) is 17.2. The first-order chi connectivity index (χ1) is 11.7. The summed E-state index contributed by atoms with van der Waals surface area (Å²) in [6.45, 7) is 2.73. The topological polar surface area (TPSA) is 72.8 Å². The van der Waals surface area contributed by atoms with E-state index in [1.807, 2.05) is 29.6 Å². The second kappa shape index (κ2) is 10.0. The van der Waals surface area contributed by atoms with Crippen LogP contribution in [0.4, 0.5) is 5.13 Å². The van der Waals surface area contributed by atoms with Crippen molar-refractivity contribution in [2.45, 2.75) is 13.3 Å². The number of nitrogens with zero attached hydrogens (tertiary/aromatic N) is 2. The summed E-state index contributed by atoms with van der Waals surface area (Å²) in [4.78, 5) is 15.7. The van der Waals surface area contributed by atoms with Crippen molar-refractivity contribution < 1.29 is 14.3 Å². The van der Waals surface area contributed by atoms with Crippen LogP contribution < -0.4 is 10.2 Å². The predicted molar refractivity (Wildman–Crippen MR) is 99.4 cm³/mol. The number of nitrogens with one attached hydrogen (secondary N) is 1. The van der Waals surface area contributed by atoms with Gasteiger partial charge < -0.3 is 9.47 Å². The summed E-state index contributed by atoms with van der Waals surface area (Å²) >= 11 is 4.71. The summed E-state index contributed by atoms with van der Waals surface area (Å²) in [5.74, 6) is 0.486. The number of hydrogen-bond acceptors (Lipinski definition) is 7. The Balaban J connectivity index is 1.92. The van der Waals surface area contributed by atoms with Crippen molar-refractivity contribution in [3.63, 3.8) is 0 Å². The molecule has 0 aliphatic rings. The Labute approximate surface area is 153 Å². The molecule has 128 valence electrons. The van der Waals surface area contributed by atoms with E-state index in [0.717, 1.165) is 16.6 Å². The number of anilines is 1. The number of halogens is 1. The molecule has 24 heavy (non-hydrogen) atoms. The van der Waals surface area contributed by atoms with E-state index in [1.54, 1.807) is 13.1 Å². The van der Waals surface area contributed by atoms with Crippen molar-refractivity contribution in [1.29, 1.82) is 0 Å². The minimum atomic E-state index is -0.282. The molecule has 1 aromatic heterocycles. The van der Waals surface area contributed by atoms with Gasteiger partial charge in [-0.05, 0) is 19.1 Å². The Morgan fingerprint density at radius 2 is 2.29 bits per heavy atom. The van der Waals surface area contributed by atoms with Crippen molar-refractivity contribution in [3.8, 4) is 5.75 Å². The van der Waals surface area contributed by atoms with Gasteiger partial charge in [-0.2, -0.15) is 5.10 Å². The fraction of sp³-hybridized carbons (Fsp3) is 0.312. The lowest BCUT2D eigenvalue weighted by Gasteiger charge is -2.06. The third-order valence-electron chi connectivity index (χ3n) is 2.80. The Morgan fingerprint density at radius 3 is 3.08 bits per heavy atom. The SMILES string of the molecule is CCOC(=O)Cc1csc(NN=Cc2ccccc2OCCBr)n1. The van der Waals surface area contributed by atoms with Crippen LogP contribution in [0.5, 0.6) is 5.75 Å². The molecule has 0 atom stereocenters. The molecule has 0 radical (unpaired) electrons. The second-order valence-corrected chi connectivity index (χ2v) is 6.22. The van der Waals surface area contributed by atoms with E-state index in [9.17, 15) is 4.79 Å². The number of para-hydroxylation sites is 1. The van der Waals surface area contributed by atoms with Crippen LogP contribution in [0.2, 0.25) is 0 Å². The van der Waals surface area contributed by atoms with Crippen LogP contribution in [0, 0.1) is 0 Å². The smallest absolute Gasteiger partial charge is 0.311 e. The maximum absolute atomic E-state index is 11.4. The summed E-state index contributed by atoms with van der Waals surface area (Å²) in [5, 5.41) is 7.36. The monoisotopic (exact) mass is 411 g/mol. The molecule has 2 aromatic rings. The highest BCUT2D eigenvalue weighted by Gasteiger charge is 2.08. The molecule has 0 bridgehead atoms. The molecule has 1 heterocycles. The van der Waals surface area contributed by atoms with Gasteiger partial charge in [0.15, 0.2) is 0 Å². The molecule has 1 N–H and O–H groups in total. The zero-order valence-corrected chi connectivity index (χ0v) is 15.6. The van der Waals surface area contributed by atoms with Crippen molar-refractivity contribution in [2.24, 2.45) is 5.10 Å². The summed E-state index contributed by atoms with van der Waals surface area (Å²) in [6, 6.07) is 7.65. The minimum absolute atomic E-state index is 0.166. The fourth-order valence-corrected chi connectivity index (χ4v) is 2.64. The van der Waals surface area contributed by atoms with Crippen LogP contribution in [0.1, 0.15) is 18.2 Å². The number of thiazole rings is 1. The Hall–Kier alpha value is -1.93. The summed E-state index contributed by atoms with van der Waals surface area (Å²) in [6.07, 6.45) is 1.84. The second-order valence-electron chi connectivity index (χ2n) is 4.57. The molecule has 0 unspecified atom stereocenters. The van der Waals surface area contributed by atoms with Crippen molar-refractivity contribution in [3.05, 3.63) is 40.9 Å². The van der Waals surface area contributed by atoms with Gasteiger partial charge in [0.25, 0.3) is 0 Å². The number of alkyl halides is 1. The summed E-state index contributed by atoms with van der Waals surface area (Å²) < 4.78 is 10.5. The van der Waals surface area contributed by atoms with Gasteiger partial charge in [-0.25, -0.2) is 4.98 Å². The van der Waals surface area contributed by atoms with E-state index in [4.69, 9.17) is 9.47 Å². The number of ether oxygens (including phenoxy) is 2. The van der Waals surface area contributed by atoms with Crippen molar-refractivity contribution >= 4 is 44.6 Å². The highest BCUT2D eigenvalue weighted by molar-refractivity contribution is 9.09. The average molecular weight is 412 g/mol. The number of rotatable bonds is 9. The van der Waals surface area contributed by atoms with Gasteiger partial charge in [0.05, 0.1) is 31.5 Å². The Morgan fingerprint density at radius 1 is 1.46 bits per heavy atom. The predicted octanol–water partition coefficient (Wildman–Crippen LogP) is 3.47. The fourth-order valence-electron chi connectivity index (χ4n) is 1.82. The highest BCUT2D eigenvalue weighted by Crippen LogP contribution is 2.18. The van der Waals surface area contributed by atoms with E-state index < -0.39 is 0 Å². The molecule has 6 nitrogen and oxygen atoms in total. The number of carbonyl (C=O) groups is 1. The van der Waals surface area contributed by atoms with Crippen molar-refractivity contribution in [1.82, 2.24) is 4.98 Å². The van der Waals surface area contributed by atoms with Gasteiger partial charge >= 0.3 is 5.97 Å². The maximum Gasteiger partial charge on any atom is 0.311 e. The molecule has 0 saturated heterocycles. The molecule has 0 aliphatic carbocycles. The number of carbonyl (C=O) groups excluding carboxylic acids is 1. The number of aromatic nitrogens is 1. The van der Waals surface area contributed by atoms with Crippen LogP contribution >= 0.6 is 27.3 Å². The molecule has 2 rings (SSSR count). The molecular formula is C16H18BrN3O3S. The number of hydrazone groups is 1. The maximum atomic E-state index is 11.4. The lowest BCUT2D eigenvalue weighted by molar-refractivity contribution is -0.142. The lowest BCUT2D eigenvalue weighted by atomic mass is 10.2. The van der Waals surface area contributed by atoms with Gasteiger partial charge in [0.2, 0.25) is 5.13 Å². The van der Waals surface area contributed by atoms with Crippen LogP contribution in [0.15, 0.2) is 34.7 Å². The van der Waals surface area contributed by atoms with Crippen LogP contribution in [-0.2, 0) is 16.0 Å². The van der Waals surface area contributed by atoms with E-state index >= 15 is 0 Å². The molecule has 8 heteroatoms. The zero-order valence-electron chi connectivity index (χ0n) is 13.2.